The molecule has 4 atom stereocenters. The molecule has 0 fully saturated rings. The second-order valence-corrected chi connectivity index (χ2v) is 9.92. The van der Waals surface area contributed by atoms with Gasteiger partial charge in [0.05, 0.1) is 6.04 Å². The van der Waals surface area contributed by atoms with Crippen molar-refractivity contribution >= 4 is 29.6 Å². The number of hydrogen-bond acceptors (Lipinski definition) is 8. The van der Waals surface area contributed by atoms with Crippen molar-refractivity contribution in [2.75, 3.05) is 6.54 Å². The summed E-state index contributed by atoms with van der Waals surface area (Å²) in [5.41, 5.74) is 17.4. The van der Waals surface area contributed by atoms with Crippen LogP contribution in [0.2, 0.25) is 0 Å². The van der Waals surface area contributed by atoms with Crippen LogP contribution in [-0.4, -0.2) is 70.5 Å². The van der Waals surface area contributed by atoms with E-state index in [-0.39, 0.29) is 43.8 Å². The van der Waals surface area contributed by atoms with E-state index in [9.17, 15) is 34.2 Å². The fourth-order valence-electron chi connectivity index (χ4n) is 3.81. The van der Waals surface area contributed by atoms with Gasteiger partial charge in [0.1, 0.15) is 23.9 Å². The van der Waals surface area contributed by atoms with Crippen molar-refractivity contribution in [3.05, 3.63) is 29.8 Å². The summed E-state index contributed by atoms with van der Waals surface area (Å²) in [4.78, 5) is 61.7. The van der Waals surface area contributed by atoms with Gasteiger partial charge in [-0.1, -0.05) is 26.0 Å². The fourth-order valence-corrected chi connectivity index (χ4v) is 3.81. The van der Waals surface area contributed by atoms with Crippen LogP contribution in [-0.2, 0) is 30.4 Å². The normalized spacial score (nSPS) is 14.1. The highest BCUT2D eigenvalue weighted by atomic mass is 16.4. The van der Waals surface area contributed by atoms with Gasteiger partial charge in [-0.25, -0.2) is 4.79 Å². The molecule has 11 N–H and O–H groups in total. The number of hydrogen-bond donors (Lipinski definition) is 8. The number of aliphatic carboxylic acids is 1. The van der Waals surface area contributed by atoms with Crippen molar-refractivity contribution in [1.29, 1.82) is 0 Å². The third-order valence-corrected chi connectivity index (χ3v) is 5.94. The van der Waals surface area contributed by atoms with Crippen molar-refractivity contribution in [3.63, 3.8) is 0 Å². The van der Waals surface area contributed by atoms with E-state index in [0.717, 1.165) is 5.56 Å². The third-order valence-electron chi connectivity index (χ3n) is 5.94. The van der Waals surface area contributed by atoms with Crippen molar-refractivity contribution in [2.45, 2.75) is 83.0 Å². The number of carboxylic acids is 1. The predicted molar refractivity (Wildman–Crippen MR) is 144 cm³/mol. The maximum absolute atomic E-state index is 13.2. The lowest BCUT2D eigenvalue weighted by molar-refractivity contribution is -0.142. The standard InChI is InChI=1S/C26H42N6O7/c1-15(2)13-21(25(37)31-20(26(38)39)10-11-22(29)34)32-24(36)19(5-3-4-12-27)30-23(35)18(28)14-16-6-8-17(33)9-7-16/h6-9,15,18-21,33H,3-5,10-14,27-28H2,1-2H3,(H2,29,34)(H,30,35)(H,31,37)(H,32,36)(H,38,39). The zero-order valence-electron chi connectivity index (χ0n) is 22.5. The third kappa shape index (κ3) is 13.1. The lowest BCUT2D eigenvalue weighted by Gasteiger charge is -2.26. The van der Waals surface area contributed by atoms with E-state index >= 15 is 0 Å². The van der Waals surface area contributed by atoms with Gasteiger partial charge in [-0.2, -0.15) is 0 Å². The van der Waals surface area contributed by atoms with Crippen molar-refractivity contribution in [2.24, 2.45) is 23.1 Å². The number of carbonyl (C=O) groups is 5. The number of phenols is 1. The van der Waals surface area contributed by atoms with Gasteiger partial charge < -0.3 is 43.4 Å². The summed E-state index contributed by atoms with van der Waals surface area (Å²) >= 11 is 0. The fraction of sp³-hybridized carbons (Fsp3) is 0.577. The molecule has 0 aliphatic rings. The molecule has 39 heavy (non-hydrogen) atoms. The first kappa shape index (κ1) is 33.3. The Balaban J connectivity index is 2.98. The minimum Gasteiger partial charge on any atom is -0.508 e. The average Bonchev–Trinajstić information content (AvgIpc) is 2.86. The SMILES string of the molecule is CC(C)CC(NC(=O)C(CCCCN)NC(=O)C(N)Cc1ccc(O)cc1)C(=O)NC(CCC(N)=O)C(=O)O. The number of nitrogens with two attached hydrogens (primary N) is 3. The Labute approximate surface area is 228 Å². The molecule has 0 saturated heterocycles. The Morgan fingerprint density at radius 3 is 1.95 bits per heavy atom. The summed E-state index contributed by atoms with van der Waals surface area (Å²) in [6.07, 6.45) is 1.31. The first-order valence-electron chi connectivity index (χ1n) is 13.0. The van der Waals surface area contributed by atoms with Gasteiger partial charge in [0, 0.05) is 6.42 Å². The molecule has 0 bridgehead atoms. The lowest BCUT2D eigenvalue weighted by Crippen LogP contribution is -2.57. The molecule has 0 aliphatic heterocycles. The molecule has 1 aromatic carbocycles. The largest absolute Gasteiger partial charge is 0.508 e. The molecule has 1 aromatic rings. The van der Waals surface area contributed by atoms with E-state index in [1.54, 1.807) is 12.1 Å². The summed E-state index contributed by atoms with van der Waals surface area (Å²) in [6, 6.07) is 1.78. The maximum Gasteiger partial charge on any atom is 0.326 e. The number of unbranched alkanes of at least 4 members (excludes halogenated alkanes) is 1. The molecular weight excluding hydrogens is 508 g/mol. The first-order chi connectivity index (χ1) is 18.3. The van der Waals surface area contributed by atoms with Gasteiger partial charge in [0.25, 0.3) is 0 Å². The smallest absolute Gasteiger partial charge is 0.326 e. The number of benzene rings is 1. The number of carbonyl (C=O) groups excluding carboxylic acids is 4. The number of amides is 4. The molecule has 0 saturated carbocycles. The molecule has 4 amide bonds. The number of carboxylic acid groups (broad SMARTS) is 1. The van der Waals surface area contributed by atoms with Crippen molar-refractivity contribution in [3.8, 4) is 5.75 Å². The zero-order valence-corrected chi connectivity index (χ0v) is 22.5. The minimum atomic E-state index is -1.37. The van der Waals surface area contributed by atoms with Gasteiger partial charge in [-0.05, 0) is 68.7 Å². The van der Waals surface area contributed by atoms with Crippen LogP contribution < -0.4 is 33.2 Å². The summed E-state index contributed by atoms with van der Waals surface area (Å²) in [6.45, 7) is 4.05. The maximum atomic E-state index is 13.2. The molecule has 0 heterocycles. The van der Waals surface area contributed by atoms with E-state index < -0.39 is 53.8 Å². The number of phenolic OH excluding ortho intramolecular Hbond substituents is 1. The lowest BCUT2D eigenvalue weighted by atomic mass is 10.0. The Hall–Kier alpha value is -3.71. The molecule has 4 unspecified atom stereocenters. The Kier molecular flexibility index (Phi) is 14.5. The van der Waals surface area contributed by atoms with Crippen LogP contribution in [0.1, 0.15) is 57.9 Å². The molecule has 13 heteroatoms. The highest BCUT2D eigenvalue weighted by Crippen LogP contribution is 2.12. The van der Waals surface area contributed by atoms with Crippen LogP contribution in [0.25, 0.3) is 0 Å². The van der Waals surface area contributed by atoms with Crippen molar-refractivity contribution < 1.29 is 34.2 Å². The highest BCUT2D eigenvalue weighted by Gasteiger charge is 2.30. The van der Waals surface area contributed by atoms with Gasteiger partial charge in [0.2, 0.25) is 23.6 Å². The monoisotopic (exact) mass is 550 g/mol. The summed E-state index contributed by atoms with van der Waals surface area (Å²) < 4.78 is 0. The topological polar surface area (TPSA) is 240 Å². The van der Waals surface area contributed by atoms with E-state index in [1.807, 2.05) is 13.8 Å². The second-order valence-electron chi connectivity index (χ2n) is 9.92. The van der Waals surface area contributed by atoms with Gasteiger partial charge in [-0.3, -0.25) is 19.2 Å². The van der Waals surface area contributed by atoms with Crippen LogP contribution in [0, 0.1) is 5.92 Å². The van der Waals surface area contributed by atoms with Gasteiger partial charge in [-0.15, -0.1) is 0 Å². The number of nitrogens with one attached hydrogen (secondary N) is 3. The second kappa shape index (κ2) is 17.0. The quantitative estimate of drug-likeness (QED) is 0.107. The van der Waals surface area contributed by atoms with Gasteiger partial charge in [0.15, 0.2) is 0 Å². The highest BCUT2D eigenvalue weighted by molar-refractivity contribution is 5.94. The molecule has 0 spiro atoms. The van der Waals surface area contributed by atoms with E-state index in [1.165, 1.54) is 12.1 Å². The molecular formula is C26H42N6O7. The zero-order chi connectivity index (χ0) is 29.5. The molecule has 1 rings (SSSR count). The Bertz CT molecular complexity index is 970. The average molecular weight is 551 g/mol. The van der Waals surface area contributed by atoms with Gasteiger partial charge >= 0.3 is 5.97 Å². The molecule has 0 aliphatic carbocycles. The van der Waals surface area contributed by atoms with Crippen LogP contribution in [0.4, 0.5) is 0 Å². The molecule has 13 nitrogen and oxygen atoms in total. The number of primary amides is 1. The van der Waals surface area contributed by atoms with E-state index in [0.29, 0.717) is 19.4 Å². The number of aromatic hydroxyl groups is 1. The van der Waals surface area contributed by atoms with Crippen LogP contribution in [0.5, 0.6) is 5.75 Å². The Morgan fingerprint density at radius 2 is 1.41 bits per heavy atom. The number of rotatable bonds is 18. The van der Waals surface area contributed by atoms with Crippen LogP contribution >= 0.6 is 0 Å². The van der Waals surface area contributed by atoms with Crippen LogP contribution in [0.15, 0.2) is 24.3 Å². The van der Waals surface area contributed by atoms with E-state index in [2.05, 4.69) is 16.0 Å². The predicted octanol–water partition coefficient (Wildman–Crippen LogP) is -0.758. The summed E-state index contributed by atoms with van der Waals surface area (Å²) in [5, 5.41) is 26.5. The first-order valence-corrected chi connectivity index (χ1v) is 13.0. The summed E-state index contributed by atoms with van der Waals surface area (Å²) in [7, 11) is 0. The molecule has 0 radical (unpaired) electrons. The van der Waals surface area contributed by atoms with E-state index in [4.69, 9.17) is 17.2 Å². The summed E-state index contributed by atoms with van der Waals surface area (Å²) in [5.74, 6) is -3.93. The van der Waals surface area contributed by atoms with Crippen molar-refractivity contribution in [1.82, 2.24) is 16.0 Å². The molecule has 0 aromatic heterocycles. The molecule has 218 valence electrons. The minimum absolute atomic E-state index is 0.0426. The Morgan fingerprint density at radius 1 is 0.846 bits per heavy atom. The van der Waals surface area contributed by atoms with Crippen LogP contribution in [0.3, 0.4) is 0 Å².